The van der Waals surface area contributed by atoms with Crippen molar-refractivity contribution < 1.29 is 14.4 Å². The van der Waals surface area contributed by atoms with Gasteiger partial charge in [-0.3, -0.25) is 0 Å². The lowest BCUT2D eigenvalue weighted by molar-refractivity contribution is 0.0686. The third-order valence-electron chi connectivity index (χ3n) is 2.76. The second kappa shape index (κ2) is 4.00. The number of aromatic nitrogens is 1. The number of fused-ring (bicyclic) bond motifs is 1. The molecule has 1 N–H and O–H groups in total. The van der Waals surface area contributed by atoms with Crippen molar-refractivity contribution in [3.63, 3.8) is 0 Å². The smallest absolute Gasteiger partial charge is 0.358 e. The molecule has 88 valence electrons. The van der Waals surface area contributed by atoms with Crippen molar-refractivity contribution in [3.05, 3.63) is 54.2 Å². The van der Waals surface area contributed by atoms with Gasteiger partial charge in [0, 0.05) is 11.6 Å². The standard InChI is InChI=1S/C14H9NO3/c16-14(17)12-8-13(18-15-12)11-6-5-9-3-1-2-4-10(9)7-11/h1-8H,(H,16,17). The van der Waals surface area contributed by atoms with Crippen LogP contribution in [0.1, 0.15) is 10.5 Å². The van der Waals surface area contributed by atoms with Crippen LogP contribution in [0.3, 0.4) is 0 Å². The van der Waals surface area contributed by atoms with E-state index in [0.29, 0.717) is 5.76 Å². The zero-order valence-corrected chi connectivity index (χ0v) is 9.33. The summed E-state index contributed by atoms with van der Waals surface area (Å²) in [4.78, 5) is 10.7. The maximum atomic E-state index is 10.7. The minimum Gasteiger partial charge on any atom is -0.476 e. The molecule has 0 bridgehead atoms. The minimum absolute atomic E-state index is 0.0850. The molecule has 1 aromatic heterocycles. The largest absolute Gasteiger partial charge is 0.476 e. The van der Waals surface area contributed by atoms with Crippen molar-refractivity contribution in [3.8, 4) is 11.3 Å². The Morgan fingerprint density at radius 1 is 1.06 bits per heavy atom. The van der Waals surface area contributed by atoms with Gasteiger partial charge in [0.1, 0.15) is 0 Å². The molecule has 0 aliphatic heterocycles. The van der Waals surface area contributed by atoms with Crippen LogP contribution in [-0.2, 0) is 0 Å². The highest BCUT2D eigenvalue weighted by Gasteiger charge is 2.12. The lowest BCUT2D eigenvalue weighted by atomic mass is 10.1. The van der Waals surface area contributed by atoms with Crippen LogP contribution in [0, 0.1) is 0 Å². The van der Waals surface area contributed by atoms with Gasteiger partial charge in [-0.05, 0) is 16.8 Å². The molecule has 4 nitrogen and oxygen atoms in total. The van der Waals surface area contributed by atoms with Gasteiger partial charge in [-0.15, -0.1) is 0 Å². The van der Waals surface area contributed by atoms with Crippen molar-refractivity contribution in [2.45, 2.75) is 0 Å². The Morgan fingerprint density at radius 3 is 2.56 bits per heavy atom. The zero-order chi connectivity index (χ0) is 12.5. The number of hydrogen-bond acceptors (Lipinski definition) is 3. The molecule has 0 amide bonds. The van der Waals surface area contributed by atoms with Crippen LogP contribution in [0.25, 0.3) is 22.1 Å². The van der Waals surface area contributed by atoms with E-state index in [4.69, 9.17) is 9.63 Å². The van der Waals surface area contributed by atoms with E-state index in [9.17, 15) is 4.79 Å². The molecule has 0 aliphatic rings. The van der Waals surface area contributed by atoms with Crippen molar-refractivity contribution in [1.82, 2.24) is 5.16 Å². The van der Waals surface area contributed by atoms with Crippen molar-refractivity contribution in [1.29, 1.82) is 0 Å². The Balaban J connectivity index is 2.10. The summed E-state index contributed by atoms with van der Waals surface area (Å²) < 4.78 is 5.03. The predicted molar refractivity (Wildman–Crippen MR) is 66.4 cm³/mol. The van der Waals surface area contributed by atoms with Gasteiger partial charge in [0.2, 0.25) is 0 Å². The summed E-state index contributed by atoms with van der Waals surface area (Å²) in [5.74, 6) is -0.635. The fourth-order valence-corrected chi connectivity index (χ4v) is 1.85. The van der Waals surface area contributed by atoms with Crippen LogP contribution in [0.2, 0.25) is 0 Å². The molecular weight excluding hydrogens is 230 g/mol. The first-order valence-corrected chi connectivity index (χ1v) is 5.43. The van der Waals surface area contributed by atoms with E-state index in [2.05, 4.69) is 5.16 Å². The summed E-state index contributed by atoms with van der Waals surface area (Å²) in [6, 6.07) is 15.2. The molecule has 0 saturated carbocycles. The molecule has 3 aromatic rings. The predicted octanol–water partition coefficient (Wildman–Crippen LogP) is 3.19. The molecule has 3 rings (SSSR count). The Morgan fingerprint density at radius 2 is 1.83 bits per heavy atom. The van der Waals surface area contributed by atoms with Crippen LogP contribution < -0.4 is 0 Å². The van der Waals surface area contributed by atoms with Gasteiger partial charge >= 0.3 is 5.97 Å². The normalized spacial score (nSPS) is 10.7. The van der Waals surface area contributed by atoms with Crippen molar-refractivity contribution >= 4 is 16.7 Å². The van der Waals surface area contributed by atoms with Crippen molar-refractivity contribution in [2.24, 2.45) is 0 Å². The first kappa shape index (κ1) is 10.5. The highest BCUT2D eigenvalue weighted by molar-refractivity contribution is 5.89. The summed E-state index contributed by atoms with van der Waals surface area (Å²) in [6.45, 7) is 0. The molecule has 0 radical (unpaired) electrons. The fraction of sp³-hybridized carbons (Fsp3) is 0. The van der Waals surface area contributed by atoms with Gasteiger partial charge in [0.05, 0.1) is 0 Å². The average Bonchev–Trinajstić information content (AvgIpc) is 2.88. The lowest BCUT2D eigenvalue weighted by Crippen LogP contribution is -1.94. The molecule has 0 saturated heterocycles. The number of aromatic carboxylic acids is 1. The minimum atomic E-state index is -1.09. The van der Waals surface area contributed by atoms with E-state index in [-0.39, 0.29) is 5.69 Å². The number of nitrogens with zero attached hydrogens (tertiary/aromatic N) is 1. The van der Waals surface area contributed by atoms with Crippen LogP contribution in [0.15, 0.2) is 53.1 Å². The molecule has 0 atom stereocenters. The highest BCUT2D eigenvalue weighted by Crippen LogP contribution is 2.24. The number of benzene rings is 2. The van der Waals surface area contributed by atoms with Gasteiger partial charge < -0.3 is 9.63 Å². The summed E-state index contributed by atoms with van der Waals surface area (Å²) >= 11 is 0. The number of hydrogen-bond donors (Lipinski definition) is 1. The Labute approximate surface area is 102 Å². The fourth-order valence-electron chi connectivity index (χ4n) is 1.85. The van der Waals surface area contributed by atoms with Gasteiger partial charge in [0.25, 0.3) is 0 Å². The van der Waals surface area contributed by atoms with Crippen LogP contribution in [0.5, 0.6) is 0 Å². The third kappa shape index (κ3) is 1.73. The van der Waals surface area contributed by atoms with Crippen molar-refractivity contribution in [2.75, 3.05) is 0 Å². The summed E-state index contributed by atoms with van der Waals surface area (Å²) in [6.07, 6.45) is 0. The lowest BCUT2D eigenvalue weighted by Gasteiger charge is -1.99. The van der Waals surface area contributed by atoms with Crippen LogP contribution in [-0.4, -0.2) is 16.2 Å². The van der Waals surface area contributed by atoms with E-state index in [0.717, 1.165) is 16.3 Å². The molecule has 1 heterocycles. The molecule has 4 heteroatoms. The Kier molecular flexibility index (Phi) is 2.34. The molecule has 18 heavy (non-hydrogen) atoms. The van der Waals surface area contributed by atoms with Gasteiger partial charge in [-0.25, -0.2) is 4.79 Å². The molecule has 2 aromatic carbocycles. The van der Waals surface area contributed by atoms with Crippen LogP contribution >= 0.6 is 0 Å². The second-order valence-electron chi connectivity index (χ2n) is 3.94. The molecule has 0 fully saturated rings. The number of carboxylic acid groups (broad SMARTS) is 1. The van der Waals surface area contributed by atoms with Gasteiger partial charge in [-0.1, -0.05) is 41.6 Å². The first-order valence-electron chi connectivity index (χ1n) is 5.43. The Hall–Kier alpha value is -2.62. The highest BCUT2D eigenvalue weighted by atomic mass is 16.5. The molecule has 0 aliphatic carbocycles. The van der Waals surface area contributed by atoms with Gasteiger partial charge in [-0.2, -0.15) is 0 Å². The first-order chi connectivity index (χ1) is 8.74. The topological polar surface area (TPSA) is 63.3 Å². The second-order valence-corrected chi connectivity index (χ2v) is 3.94. The van der Waals surface area contributed by atoms with E-state index in [1.807, 2.05) is 42.5 Å². The molecular formula is C14H9NO3. The average molecular weight is 239 g/mol. The van der Waals surface area contributed by atoms with E-state index < -0.39 is 5.97 Å². The molecule has 0 unspecified atom stereocenters. The quantitative estimate of drug-likeness (QED) is 0.745. The molecule has 0 spiro atoms. The summed E-state index contributed by atoms with van der Waals surface area (Å²) in [5.41, 5.74) is 0.729. The van der Waals surface area contributed by atoms with Crippen LogP contribution in [0.4, 0.5) is 0 Å². The Bertz CT molecular complexity index is 730. The third-order valence-corrected chi connectivity index (χ3v) is 2.76. The monoisotopic (exact) mass is 239 g/mol. The summed E-state index contributed by atoms with van der Waals surface area (Å²) in [5, 5.41) is 14.5. The maximum Gasteiger partial charge on any atom is 0.358 e. The maximum absolute atomic E-state index is 10.7. The van der Waals surface area contributed by atoms with Gasteiger partial charge in [0.15, 0.2) is 11.5 Å². The SMILES string of the molecule is O=C(O)c1cc(-c2ccc3ccccc3c2)on1. The van der Waals surface area contributed by atoms with E-state index in [1.54, 1.807) is 0 Å². The summed E-state index contributed by atoms with van der Waals surface area (Å²) in [7, 11) is 0. The number of carbonyl (C=O) groups is 1. The van der Waals surface area contributed by atoms with E-state index in [1.165, 1.54) is 6.07 Å². The number of rotatable bonds is 2. The van der Waals surface area contributed by atoms with E-state index >= 15 is 0 Å². The zero-order valence-electron chi connectivity index (χ0n) is 9.33. The number of carboxylic acids is 1.